The first-order valence-corrected chi connectivity index (χ1v) is 10.2. The van der Waals surface area contributed by atoms with Gasteiger partial charge in [0.05, 0.1) is 22.9 Å². The van der Waals surface area contributed by atoms with E-state index in [1.54, 1.807) is 10.7 Å². The molecular weight excluding hydrogens is 399 g/mol. The smallest absolute Gasteiger partial charge is 0.369 e. The quantitative estimate of drug-likeness (QED) is 0.437. The molecule has 1 aromatic heterocycles. The number of halogens is 3. The summed E-state index contributed by atoms with van der Waals surface area (Å²) in [5, 5.41) is 8.19. The largest absolute Gasteiger partial charge is 0.416 e. The summed E-state index contributed by atoms with van der Waals surface area (Å²) in [5.74, 6) is 0.661. The number of benzene rings is 3. The van der Waals surface area contributed by atoms with Gasteiger partial charge in [-0.05, 0) is 35.7 Å². The molecule has 6 heteroatoms. The minimum Gasteiger partial charge on any atom is -0.369 e. The molecule has 0 radical (unpaired) electrons. The van der Waals surface area contributed by atoms with Gasteiger partial charge in [-0.3, -0.25) is 0 Å². The minimum absolute atomic E-state index is 0.108. The van der Waals surface area contributed by atoms with Crippen molar-refractivity contribution < 1.29 is 13.2 Å². The van der Waals surface area contributed by atoms with Crippen LogP contribution in [0.3, 0.4) is 0 Å². The van der Waals surface area contributed by atoms with Crippen LogP contribution in [0, 0.1) is 0 Å². The molecule has 0 fully saturated rings. The van der Waals surface area contributed by atoms with Crippen molar-refractivity contribution in [2.24, 2.45) is 0 Å². The van der Waals surface area contributed by atoms with Crippen LogP contribution >= 0.6 is 0 Å². The van der Waals surface area contributed by atoms with Gasteiger partial charge in [0.15, 0.2) is 0 Å². The van der Waals surface area contributed by atoms with Gasteiger partial charge < -0.3 is 5.32 Å². The molecular formula is C25H20F3N3. The number of aromatic nitrogens is 2. The maximum absolute atomic E-state index is 13.3. The monoisotopic (exact) mass is 419 g/mol. The molecule has 2 heterocycles. The maximum Gasteiger partial charge on any atom is 0.416 e. The molecule has 31 heavy (non-hydrogen) atoms. The van der Waals surface area contributed by atoms with Crippen molar-refractivity contribution in [1.29, 1.82) is 0 Å². The predicted octanol–water partition coefficient (Wildman–Crippen LogP) is 6.04. The van der Waals surface area contributed by atoms with Crippen molar-refractivity contribution in [3.05, 3.63) is 113 Å². The summed E-state index contributed by atoms with van der Waals surface area (Å²) in [6, 6.07) is 25.5. The maximum atomic E-state index is 13.3. The van der Waals surface area contributed by atoms with Gasteiger partial charge in [-0.1, -0.05) is 66.7 Å². The second kappa shape index (κ2) is 7.61. The third-order valence-electron chi connectivity index (χ3n) is 5.64. The molecule has 0 amide bonds. The first-order valence-electron chi connectivity index (χ1n) is 10.2. The molecule has 4 aromatic rings. The highest BCUT2D eigenvalue weighted by molar-refractivity contribution is 5.60. The molecule has 1 aliphatic heterocycles. The highest BCUT2D eigenvalue weighted by Crippen LogP contribution is 2.39. The average Bonchev–Trinajstić information content (AvgIpc) is 3.39. The van der Waals surface area contributed by atoms with Crippen LogP contribution in [-0.2, 0) is 12.6 Å². The van der Waals surface area contributed by atoms with E-state index in [2.05, 4.69) is 29.6 Å². The van der Waals surface area contributed by atoms with E-state index in [1.165, 1.54) is 6.07 Å². The zero-order valence-corrected chi connectivity index (χ0v) is 16.6. The standard InChI is InChI=1S/C25H20F3N3/c26-25(27,28)19-12-7-13-20(16-19)31-24-21(14-15-29-24)23(30-31)22(17-8-3-1-4-9-17)18-10-5-2-6-11-18/h1-13,16,22,29H,14-15H2. The first-order chi connectivity index (χ1) is 15.0. The van der Waals surface area contributed by atoms with Gasteiger partial charge in [-0.15, -0.1) is 0 Å². The second-order valence-electron chi connectivity index (χ2n) is 7.60. The lowest BCUT2D eigenvalue weighted by Gasteiger charge is -2.17. The molecule has 1 aliphatic rings. The van der Waals surface area contributed by atoms with Crippen molar-refractivity contribution in [2.75, 3.05) is 11.9 Å². The third kappa shape index (κ3) is 3.58. The average molecular weight is 419 g/mol. The van der Waals surface area contributed by atoms with Crippen molar-refractivity contribution in [1.82, 2.24) is 9.78 Å². The predicted molar refractivity (Wildman–Crippen MR) is 115 cm³/mol. The third-order valence-corrected chi connectivity index (χ3v) is 5.64. The lowest BCUT2D eigenvalue weighted by atomic mass is 9.86. The highest BCUT2D eigenvalue weighted by atomic mass is 19.4. The topological polar surface area (TPSA) is 29.9 Å². The lowest BCUT2D eigenvalue weighted by molar-refractivity contribution is -0.137. The molecule has 5 rings (SSSR count). The number of nitrogens with zero attached hydrogens (tertiary/aromatic N) is 2. The second-order valence-corrected chi connectivity index (χ2v) is 7.60. The normalized spacial score (nSPS) is 13.3. The summed E-state index contributed by atoms with van der Waals surface area (Å²) in [6.07, 6.45) is -3.63. The van der Waals surface area contributed by atoms with Gasteiger partial charge in [0.25, 0.3) is 0 Å². The Kier molecular flexibility index (Phi) is 4.77. The Morgan fingerprint density at radius 2 is 1.48 bits per heavy atom. The molecule has 3 nitrogen and oxygen atoms in total. The molecule has 156 valence electrons. The van der Waals surface area contributed by atoms with Crippen LogP contribution in [0.15, 0.2) is 84.9 Å². The van der Waals surface area contributed by atoms with Crippen LogP contribution in [0.25, 0.3) is 5.69 Å². The van der Waals surface area contributed by atoms with Crippen LogP contribution in [0.2, 0.25) is 0 Å². The van der Waals surface area contributed by atoms with Gasteiger partial charge in [-0.25, -0.2) is 4.68 Å². The molecule has 0 unspecified atom stereocenters. The Labute approximate surface area is 178 Å². The number of nitrogens with one attached hydrogen (secondary N) is 1. The van der Waals surface area contributed by atoms with Crippen LogP contribution in [-0.4, -0.2) is 16.3 Å². The van der Waals surface area contributed by atoms with E-state index in [9.17, 15) is 13.2 Å². The fraction of sp³-hybridized carbons (Fsp3) is 0.160. The van der Waals surface area contributed by atoms with Gasteiger partial charge in [0, 0.05) is 12.1 Å². The first kappa shape index (κ1) is 19.4. The minimum atomic E-state index is -4.40. The molecule has 0 aliphatic carbocycles. The van der Waals surface area contributed by atoms with E-state index < -0.39 is 11.7 Å². The van der Waals surface area contributed by atoms with Gasteiger partial charge >= 0.3 is 6.18 Å². The highest BCUT2D eigenvalue weighted by Gasteiger charge is 2.32. The number of alkyl halides is 3. The van der Waals surface area contributed by atoms with Gasteiger partial charge in [-0.2, -0.15) is 18.3 Å². The molecule has 0 saturated heterocycles. The number of hydrogen-bond donors (Lipinski definition) is 1. The van der Waals surface area contributed by atoms with E-state index in [0.29, 0.717) is 5.69 Å². The van der Waals surface area contributed by atoms with Gasteiger partial charge in [0.2, 0.25) is 0 Å². The SMILES string of the molecule is FC(F)(F)c1cccc(-n2nc(C(c3ccccc3)c3ccccc3)c3c2NCC3)c1. The van der Waals surface area contributed by atoms with E-state index in [0.717, 1.165) is 53.3 Å². The Morgan fingerprint density at radius 1 is 0.839 bits per heavy atom. The summed E-state index contributed by atoms with van der Waals surface area (Å²) in [6.45, 7) is 0.732. The van der Waals surface area contributed by atoms with E-state index in [1.807, 2.05) is 36.4 Å². The zero-order chi connectivity index (χ0) is 21.4. The molecule has 3 aromatic carbocycles. The van der Waals surface area contributed by atoms with Crippen LogP contribution in [0.1, 0.15) is 33.9 Å². The van der Waals surface area contributed by atoms with Crippen molar-refractivity contribution in [2.45, 2.75) is 18.5 Å². The van der Waals surface area contributed by atoms with Gasteiger partial charge in [0.1, 0.15) is 5.82 Å². The number of fused-ring (bicyclic) bond motifs is 1. The van der Waals surface area contributed by atoms with Crippen LogP contribution in [0.4, 0.5) is 19.0 Å². The molecule has 0 spiro atoms. The summed E-state index contributed by atoms with van der Waals surface area (Å²) < 4.78 is 41.5. The Morgan fingerprint density at radius 3 is 2.10 bits per heavy atom. The fourth-order valence-electron chi connectivity index (χ4n) is 4.23. The Bertz CT molecular complexity index is 1160. The van der Waals surface area contributed by atoms with Crippen molar-refractivity contribution in [3.8, 4) is 5.69 Å². The van der Waals surface area contributed by atoms with Crippen molar-refractivity contribution in [3.63, 3.8) is 0 Å². The number of anilines is 1. The molecule has 0 atom stereocenters. The summed E-state index contributed by atoms with van der Waals surface area (Å²) in [5.41, 5.74) is 3.82. The van der Waals surface area contributed by atoms with Crippen LogP contribution in [0.5, 0.6) is 0 Å². The van der Waals surface area contributed by atoms with E-state index in [-0.39, 0.29) is 5.92 Å². The van der Waals surface area contributed by atoms with E-state index >= 15 is 0 Å². The number of rotatable bonds is 4. The Balaban J connectivity index is 1.69. The fourth-order valence-corrected chi connectivity index (χ4v) is 4.23. The number of hydrogen-bond acceptors (Lipinski definition) is 2. The lowest BCUT2D eigenvalue weighted by Crippen LogP contribution is -2.10. The van der Waals surface area contributed by atoms with Crippen molar-refractivity contribution >= 4 is 5.82 Å². The summed E-state index contributed by atoms with van der Waals surface area (Å²) >= 11 is 0. The molecule has 0 saturated carbocycles. The summed E-state index contributed by atoms with van der Waals surface area (Å²) in [4.78, 5) is 0. The van der Waals surface area contributed by atoms with Crippen LogP contribution < -0.4 is 5.32 Å². The summed E-state index contributed by atoms with van der Waals surface area (Å²) in [7, 11) is 0. The zero-order valence-electron chi connectivity index (χ0n) is 16.6. The molecule has 0 bridgehead atoms. The molecule has 1 N–H and O–H groups in total. The van der Waals surface area contributed by atoms with E-state index in [4.69, 9.17) is 5.10 Å². The Hall–Kier alpha value is -3.54.